The van der Waals surface area contributed by atoms with Crippen LogP contribution < -0.4 is 5.32 Å². The van der Waals surface area contributed by atoms with Crippen LogP contribution in [0.25, 0.3) is 10.8 Å². The third kappa shape index (κ3) is 2.38. The van der Waals surface area contributed by atoms with Crippen LogP contribution in [0.1, 0.15) is 29.9 Å². The lowest BCUT2D eigenvalue weighted by molar-refractivity contribution is 0.462. The Kier molecular flexibility index (Phi) is 4.26. The van der Waals surface area contributed by atoms with Crippen LogP contribution in [-0.2, 0) is 0 Å². The number of halogens is 1. The summed E-state index contributed by atoms with van der Waals surface area (Å²) in [6.45, 7) is 4.52. The Balaban J connectivity index is 0.00000120. The van der Waals surface area contributed by atoms with E-state index in [0.717, 1.165) is 19.0 Å². The molecule has 0 aromatic heterocycles. The maximum absolute atomic E-state index is 3.44. The average molecular weight is 262 g/mol. The molecule has 1 aliphatic heterocycles. The van der Waals surface area contributed by atoms with Gasteiger partial charge >= 0.3 is 0 Å². The van der Waals surface area contributed by atoms with Crippen molar-refractivity contribution in [2.45, 2.75) is 25.7 Å². The lowest BCUT2D eigenvalue weighted by Gasteiger charge is -2.24. The van der Waals surface area contributed by atoms with E-state index in [1.807, 2.05) is 0 Å². The second-order valence-corrected chi connectivity index (χ2v) is 5.04. The number of rotatable bonds is 1. The number of nitrogens with one attached hydrogen (secondary N) is 1. The van der Waals surface area contributed by atoms with Gasteiger partial charge in [-0.05, 0) is 60.7 Å². The molecule has 1 aliphatic rings. The Morgan fingerprint density at radius 1 is 0.944 bits per heavy atom. The van der Waals surface area contributed by atoms with Gasteiger partial charge in [-0.1, -0.05) is 36.4 Å². The van der Waals surface area contributed by atoms with E-state index in [-0.39, 0.29) is 12.4 Å². The molecule has 0 unspecified atom stereocenters. The third-order valence-corrected chi connectivity index (χ3v) is 3.95. The molecule has 1 fully saturated rings. The lowest BCUT2D eigenvalue weighted by Crippen LogP contribution is -2.26. The van der Waals surface area contributed by atoms with Gasteiger partial charge < -0.3 is 5.32 Å². The fourth-order valence-electron chi connectivity index (χ4n) is 2.96. The van der Waals surface area contributed by atoms with Gasteiger partial charge in [0.25, 0.3) is 0 Å². The van der Waals surface area contributed by atoms with Crippen molar-refractivity contribution in [1.29, 1.82) is 0 Å². The second-order valence-electron chi connectivity index (χ2n) is 5.04. The Hall–Kier alpha value is -1.05. The first-order chi connectivity index (χ1) is 8.36. The number of hydrogen-bond donors (Lipinski definition) is 1. The van der Waals surface area contributed by atoms with Gasteiger partial charge in [0.05, 0.1) is 0 Å². The van der Waals surface area contributed by atoms with E-state index in [2.05, 4.69) is 48.6 Å². The van der Waals surface area contributed by atoms with E-state index in [1.54, 1.807) is 5.56 Å². The maximum atomic E-state index is 3.44. The maximum Gasteiger partial charge on any atom is -0.00431 e. The normalized spacial score (nSPS) is 16.5. The molecule has 96 valence electrons. The number of hydrogen-bond acceptors (Lipinski definition) is 1. The highest BCUT2D eigenvalue weighted by Crippen LogP contribution is 2.32. The van der Waals surface area contributed by atoms with E-state index >= 15 is 0 Å². The fourth-order valence-corrected chi connectivity index (χ4v) is 2.96. The summed E-state index contributed by atoms with van der Waals surface area (Å²) < 4.78 is 0. The van der Waals surface area contributed by atoms with Crippen LogP contribution in [0.2, 0.25) is 0 Å². The van der Waals surface area contributed by atoms with Crippen LogP contribution in [-0.4, -0.2) is 13.1 Å². The van der Waals surface area contributed by atoms with E-state index in [9.17, 15) is 0 Å². The van der Waals surface area contributed by atoms with Crippen LogP contribution in [0.5, 0.6) is 0 Å². The Morgan fingerprint density at radius 2 is 1.61 bits per heavy atom. The zero-order valence-corrected chi connectivity index (χ0v) is 11.6. The van der Waals surface area contributed by atoms with Gasteiger partial charge in [-0.15, -0.1) is 12.4 Å². The average Bonchev–Trinajstić information content (AvgIpc) is 2.41. The van der Waals surface area contributed by atoms with Crippen molar-refractivity contribution in [3.8, 4) is 0 Å². The summed E-state index contributed by atoms with van der Waals surface area (Å²) in [5.41, 5.74) is 2.94. The standard InChI is InChI=1S/C16H19N.ClH/c1-12-6-7-15(13-8-10-17-11-9-13)16-5-3-2-4-14(12)16;/h2-7,13,17H,8-11H2,1H3;1H. The summed E-state index contributed by atoms with van der Waals surface area (Å²) in [6.07, 6.45) is 2.54. The van der Waals surface area contributed by atoms with Crippen molar-refractivity contribution < 1.29 is 0 Å². The zero-order valence-electron chi connectivity index (χ0n) is 10.8. The van der Waals surface area contributed by atoms with E-state index in [0.29, 0.717) is 0 Å². The molecule has 2 heteroatoms. The number of fused-ring (bicyclic) bond motifs is 1. The minimum atomic E-state index is 0. The summed E-state index contributed by atoms with van der Waals surface area (Å²) in [6, 6.07) is 13.4. The largest absolute Gasteiger partial charge is 0.317 e. The number of benzene rings is 2. The highest BCUT2D eigenvalue weighted by atomic mass is 35.5. The SMILES string of the molecule is Cc1ccc(C2CCNCC2)c2ccccc12.Cl. The van der Waals surface area contributed by atoms with Crippen LogP contribution in [0, 0.1) is 6.92 Å². The van der Waals surface area contributed by atoms with Gasteiger partial charge in [-0.2, -0.15) is 0 Å². The zero-order chi connectivity index (χ0) is 11.7. The van der Waals surface area contributed by atoms with Crippen LogP contribution in [0.3, 0.4) is 0 Å². The minimum absolute atomic E-state index is 0. The predicted molar refractivity (Wildman–Crippen MR) is 80.8 cm³/mol. The van der Waals surface area contributed by atoms with Crippen molar-refractivity contribution in [3.63, 3.8) is 0 Å². The number of aryl methyl sites for hydroxylation is 1. The molecule has 3 rings (SSSR count). The van der Waals surface area contributed by atoms with Crippen LogP contribution in [0.4, 0.5) is 0 Å². The highest BCUT2D eigenvalue weighted by Gasteiger charge is 2.17. The Bertz CT molecular complexity index is 530. The molecule has 0 amide bonds. The van der Waals surface area contributed by atoms with Crippen molar-refractivity contribution in [1.82, 2.24) is 5.32 Å². The molecule has 1 N–H and O–H groups in total. The molecule has 0 spiro atoms. The van der Waals surface area contributed by atoms with Gasteiger partial charge in [0.15, 0.2) is 0 Å². The van der Waals surface area contributed by atoms with Crippen LogP contribution in [0.15, 0.2) is 36.4 Å². The molecular formula is C16H20ClN. The van der Waals surface area contributed by atoms with Crippen molar-refractivity contribution >= 4 is 23.2 Å². The summed E-state index contributed by atoms with van der Waals surface area (Å²) in [7, 11) is 0. The highest BCUT2D eigenvalue weighted by molar-refractivity contribution is 5.89. The van der Waals surface area contributed by atoms with E-state index in [1.165, 1.54) is 29.2 Å². The first kappa shape index (κ1) is 13.4. The molecule has 2 aromatic carbocycles. The lowest BCUT2D eigenvalue weighted by atomic mass is 9.86. The number of piperidine rings is 1. The summed E-state index contributed by atoms with van der Waals surface area (Å²) in [5.74, 6) is 0.738. The molecule has 0 aliphatic carbocycles. The Morgan fingerprint density at radius 3 is 2.33 bits per heavy atom. The topological polar surface area (TPSA) is 12.0 Å². The van der Waals surface area contributed by atoms with Crippen molar-refractivity contribution in [2.75, 3.05) is 13.1 Å². The smallest absolute Gasteiger partial charge is 0.00431 e. The molecule has 0 saturated carbocycles. The van der Waals surface area contributed by atoms with Gasteiger partial charge in [-0.3, -0.25) is 0 Å². The van der Waals surface area contributed by atoms with E-state index in [4.69, 9.17) is 0 Å². The minimum Gasteiger partial charge on any atom is -0.317 e. The first-order valence-electron chi connectivity index (χ1n) is 6.55. The molecule has 1 saturated heterocycles. The van der Waals surface area contributed by atoms with Gasteiger partial charge in [-0.25, -0.2) is 0 Å². The van der Waals surface area contributed by atoms with E-state index < -0.39 is 0 Å². The molecule has 1 heterocycles. The molecule has 2 aromatic rings. The fraction of sp³-hybridized carbons (Fsp3) is 0.375. The summed E-state index contributed by atoms with van der Waals surface area (Å²) in [5, 5.41) is 6.32. The summed E-state index contributed by atoms with van der Waals surface area (Å²) in [4.78, 5) is 0. The quantitative estimate of drug-likeness (QED) is 0.817. The molecule has 0 atom stereocenters. The van der Waals surface area contributed by atoms with Gasteiger partial charge in [0.2, 0.25) is 0 Å². The van der Waals surface area contributed by atoms with Gasteiger partial charge in [0, 0.05) is 0 Å². The first-order valence-corrected chi connectivity index (χ1v) is 6.55. The third-order valence-electron chi connectivity index (χ3n) is 3.95. The molecule has 0 bridgehead atoms. The molecule has 0 radical (unpaired) electrons. The van der Waals surface area contributed by atoms with Crippen molar-refractivity contribution in [2.24, 2.45) is 0 Å². The second kappa shape index (κ2) is 5.73. The molecule has 1 nitrogen and oxygen atoms in total. The molecular weight excluding hydrogens is 242 g/mol. The van der Waals surface area contributed by atoms with Crippen molar-refractivity contribution in [3.05, 3.63) is 47.5 Å². The van der Waals surface area contributed by atoms with Crippen LogP contribution >= 0.6 is 12.4 Å². The predicted octanol–water partition coefficient (Wildman–Crippen LogP) is 4.04. The van der Waals surface area contributed by atoms with Gasteiger partial charge in [0.1, 0.15) is 0 Å². The summed E-state index contributed by atoms with van der Waals surface area (Å²) >= 11 is 0. The Labute approximate surface area is 115 Å². The molecule has 18 heavy (non-hydrogen) atoms. The monoisotopic (exact) mass is 261 g/mol.